The van der Waals surface area contributed by atoms with Crippen molar-refractivity contribution in [3.05, 3.63) is 29.8 Å². The van der Waals surface area contributed by atoms with Gasteiger partial charge < -0.3 is 30.1 Å². The molecule has 1 heterocycles. The van der Waals surface area contributed by atoms with Gasteiger partial charge in [-0.05, 0) is 31.5 Å². The summed E-state index contributed by atoms with van der Waals surface area (Å²) in [7, 11) is 1.62. The van der Waals surface area contributed by atoms with Crippen LogP contribution in [0.3, 0.4) is 0 Å². The number of hydrogen-bond donors (Lipinski definition) is 3. The molecule has 1 amide bonds. The summed E-state index contributed by atoms with van der Waals surface area (Å²) in [5, 5.41) is 16.4. The summed E-state index contributed by atoms with van der Waals surface area (Å²) in [6.07, 6.45) is -0.689. The van der Waals surface area contributed by atoms with E-state index in [1.807, 2.05) is 38.1 Å². The largest absolute Gasteiger partial charge is 0.491 e. The number of methoxy groups -OCH3 is 1. The summed E-state index contributed by atoms with van der Waals surface area (Å²) in [6.45, 7) is 9.76. The molecule has 9 nitrogen and oxygen atoms in total. The Labute approximate surface area is 185 Å². The Morgan fingerprint density at radius 2 is 2.03 bits per heavy atom. The number of aryl methyl sites for hydroxylation is 1. The lowest BCUT2D eigenvalue weighted by molar-refractivity contribution is -0.122. The third kappa shape index (κ3) is 9.54. The predicted molar refractivity (Wildman–Crippen MR) is 122 cm³/mol. The highest BCUT2D eigenvalue weighted by molar-refractivity contribution is 5.80. The van der Waals surface area contributed by atoms with E-state index in [-0.39, 0.29) is 19.1 Å². The first-order valence-electron chi connectivity index (χ1n) is 10.9. The van der Waals surface area contributed by atoms with Crippen molar-refractivity contribution in [1.82, 2.24) is 20.4 Å². The molecule has 0 radical (unpaired) electrons. The number of amides is 1. The van der Waals surface area contributed by atoms with E-state index >= 15 is 0 Å². The fourth-order valence-corrected chi connectivity index (χ4v) is 3.24. The Bertz CT molecular complexity index is 692. The van der Waals surface area contributed by atoms with E-state index in [9.17, 15) is 9.90 Å². The van der Waals surface area contributed by atoms with Crippen LogP contribution < -0.4 is 15.4 Å². The zero-order valence-corrected chi connectivity index (χ0v) is 19.0. The van der Waals surface area contributed by atoms with Gasteiger partial charge in [0.15, 0.2) is 5.96 Å². The van der Waals surface area contributed by atoms with E-state index in [2.05, 4.69) is 25.4 Å². The summed E-state index contributed by atoms with van der Waals surface area (Å²) in [5.41, 5.74) is 1.12. The third-order valence-corrected chi connectivity index (χ3v) is 4.89. The van der Waals surface area contributed by atoms with Gasteiger partial charge in [0, 0.05) is 46.4 Å². The molecule has 0 aliphatic carbocycles. The first-order chi connectivity index (χ1) is 15.0. The number of nitrogens with zero attached hydrogens (tertiary/aromatic N) is 3. The van der Waals surface area contributed by atoms with Gasteiger partial charge in [-0.2, -0.15) is 0 Å². The Kier molecular flexibility index (Phi) is 11.1. The standard InChI is InChI=1S/C22H37N5O4/c1-4-23-22(25-15-19(28)17-31-20-7-5-6-18(2)14-20)27-11-9-26(10-12-27)16-21(29)24-8-13-30-3/h5-7,14,19,28H,4,8-13,15-17H2,1-3H3,(H,23,25)(H,24,29). The fraction of sp³-hybridized carbons (Fsp3) is 0.636. The molecule has 174 valence electrons. The van der Waals surface area contributed by atoms with Crippen LogP contribution in [0.15, 0.2) is 29.3 Å². The van der Waals surface area contributed by atoms with Gasteiger partial charge in [0.1, 0.15) is 18.5 Å². The van der Waals surface area contributed by atoms with Crippen LogP contribution in [0.2, 0.25) is 0 Å². The normalized spacial score (nSPS) is 16.1. The van der Waals surface area contributed by atoms with Crippen LogP contribution in [-0.4, -0.2) is 106 Å². The molecule has 1 saturated heterocycles. The van der Waals surface area contributed by atoms with Crippen LogP contribution in [-0.2, 0) is 9.53 Å². The molecular weight excluding hydrogens is 398 g/mol. The molecule has 1 aromatic carbocycles. The Balaban J connectivity index is 1.76. The minimum Gasteiger partial charge on any atom is -0.491 e. The Morgan fingerprint density at radius 1 is 1.26 bits per heavy atom. The zero-order chi connectivity index (χ0) is 22.5. The fourth-order valence-electron chi connectivity index (χ4n) is 3.24. The summed E-state index contributed by atoms with van der Waals surface area (Å²) in [5.74, 6) is 1.54. The van der Waals surface area contributed by atoms with Crippen molar-refractivity contribution >= 4 is 11.9 Å². The molecule has 1 aromatic rings. The Hall–Kier alpha value is -2.36. The van der Waals surface area contributed by atoms with Gasteiger partial charge in [-0.15, -0.1) is 0 Å². The summed E-state index contributed by atoms with van der Waals surface area (Å²) >= 11 is 0. The van der Waals surface area contributed by atoms with E-state index in [1.165, 1.54) is 0 Å². The van der Waals surface area contributed by atoms with Crippen molar-refractivity contribution in [1.29, 1.82) is 0 Å². The van der Waals surface area contributed by atoms with Gasteiger partial charge in [0.25, 0.3) is 0 Å². The molecule has 1 atom stereocenters. The van der Waals surface area contributed by atoms with Crippen LogP contribution in [0.4, 0.5) is 0 Å². The second-order valence-electron chi connectivity index (χ2n) is 7.58. The summed E-state index contributed by atoms with van der Waals surface area (Å²) in [6, 6.07) is 7.76. The zero-order valence-electron chi connectivity index (χ0n) is 19.0. The van der Waals surface area contributed by atoms with Gasteiger partial charge in [0.05, 0.1) is 19.7 Å². The molecule has 1 aliphatic heterocycles. The van der Waals surface area contributed by atoms with Gasteiger partial charge in [-0.3, -0.25) is 14.7 Å². The lowest BCUT2D eigenvalue weighted by atomic mass is 10.2. The van der Waals surface area contributed by atoms with Crippen molar-refractivity contribution < 1.29 is 19.4 Å². The summed E-state index contributed by atoms with van der Waals surface area (Å²) in [4.78, 5) is 20.9. The van der Waals surface area contributed by atoms with E-state index in [0.29, 0.717) is 19.7 Å². The van der Waals surface area contributed by atoms with E-state index < -0.39 is 6.10 Å². The number of rotatable bonds is 11. The molecule has 0 bridgehead atoms. The third-order valence-electron chi connectivity index (χ3n) is 4.89. The maximum absolute atomic E-state index is 12.0. The minimum atomic E-state index is -0.689. The lowest BCUT2D eigenvalue weighted by Gasteiger charge is -2.36. The number of guanidine groups is 1. The summed E-state index contributed by atoms with van der Waals surface area (Å²) < 4.78 is 10.6. The van der Waals surface area contributed by atoms with Crippen molar-refractivity contribution in [3.8, 4) is 5.75 Å². The van der Waals surface area contributed by atoms with Crippen molar-refractivity contribution in [2.45, 2.75) is 20.0 Å². The molecule has 1 fully saturated rings. The van der Waals surface area contributed by atoms with E-state index in [1.54, 1.807) is 7.11 Å². The number of nitrogens with one attached hydrogen (secondary N) is 2. The average Bonchev–Trinajstić information content (AvgIpc) is 2.76. The number of aliphatic imine (C=N–C) groups is 1. The van der Waals surface area contributed by atoms with Gasteiger partial charge in [-0.1, -0.05) is 12.1 Å². The van der Waals surface area contributed by atoms with Crippen LogP contribution in [0.1, 0.15) is 12.5 Å². The number of aliphatic hydroxyl groups excluding tert-OH is 1. The lowest BCUT2D eigenvalue weighted by Crippen LogP contribution is -2.54. The molecule has 1 aliphatic rings. The van der Waals surface area contributed by atoms with Gasteiger partial charge >= 0.3 is 0 Å². The maximum atomic E-state index is 12.0. The maximum Gasteiger partial charge on any atom is 0.234 e. The Morgan fingerprint density at radius 3 is 2.71 bits per heavy atom. The first-order valence-corrected chi connectivity index (χ1v) is 10.9. The molecular formula is C22H37N5O4. The average molecular weight is 436 g/mol. The topological polar surface area (TPSA) is 98.7 Å². The van der Waals surface area contributed by atoms with E-state index in [4.69, 9.17) is 9.47 Å². The minimum absolute atomic E-state index is 0.0165. The highest BCUT2D eigenvalue weighted by Gasteiger charge is 2.21. The van der Waals surface area contributed by atoms with Crippen molar-refractivity contribution in [2.75, 3.05) is 72.7 Å². The molecule has 1 unspecified atom stereocenters. The predicted octanol–water partition coefficient (Wildman–Crippen LogP) is 0.0804. The van der Waals surface area contributed by atoms with Crippen molar-refractivity contribution in [2.24, 2.45) is 4.99 Å². The molecule has 0 spiro atoms. The quantitative estimate of drug-likeness (QED) is 0.257. The van der Waals surface area contributed by atoms with Crippen LogP contribution >= 0.6 is 0 Å². The van der Waals surface area contributed by atoms with Gasteiger partial charge in [-0.25, -0.2) is 0 Å². The van der Waals surface area contributed by atoms with E-state index in [0.717, 1.165) is 50.0 Å². The second kappa shape index (κ2) is 13.8. The van der Waals surface area contributed by atoms with Crippen LogP contribution in [0.5, 0.6) is 5.75 Å². The monoisotopic (exact) mass is 435 g/mol. The molecule has 0 aromatic heterocycles. The van der Waals surface area contributed by atoms with Crippen LogP contribution in [0.25, 0.3) is 0 Å². The highest BCUT2D eigenvalue weighted by Crippen LogP contribution is 2.12. The first kappa shape index (κ1) is 24.9. The number of hydrogen-bond acceptors (Lipinski definition) is 6. The molecule has 0 saturated carbocycles. The second-order valence-corrected chi connectivity index (χ2v) is 7.58. The highest BCUT2D eigenvalue weighted by atomic mass is 16.5. The number of aliphatic hydroxyl groups is 1. The molecule has 31 heavy (non-hydrogen) atoms. The number of carbonyl (C=O) groups is 1. The van der Waals surface area contributed by atoms with Crippen LogP contribution in [0, 0.1) is 6.92 Å². The number of benzene rings is 1. The van der Waals surface area contributed by atoms with Gasteiger partial charge in [0.2, 0.25) is 5.91 Å². The molecule has 9 heteroatoms. The SMILES string of the molecule is CCNC(=NCC(O)COc1cccc(C)c1)N1CCN(CC(=O)NCCOC)CC1. The smallest absolute Gasteiger partial charge is 0.234 e. The van der Waals surface area contributed by atoms with Crippen molar-refractivity contribution in [3.63, 3.8) is 0 Å². The molecule has 2 rings (SSSR count). The number of carbonyl (C=O) groups excluding carboxylic acids is 1. The molecule has 3 N–H and O–H groups in total. The number of piperazine rings is 1. The number of ether oxygens (including phenoxy) is 2.